The lowest BCUT2D eigenvalue weighted by atomic mass is 9.98. The molecule has 0 bridgehead atoms. The van der Waals surface area contributed by atoms with Gasteiger partial charge >= 0.3 is 12.1 Å². The van der Waals surface area contributed by atoms with Crippen LogP contribution in [0.15, 0.2) is 67.0 Å². The number of aliphatic carboxylic acids is 1. The van der Waals surface area contributed by atoms with E-state index in [0.29, 0.717) is 11.1 Å². The van der Waals surface area contributed by atoms with Crippen LogP contribution in [0.2, 0.25) is 0 Å². The van der Waals surface area contributed by atoms with E-state index in [9.17, 15) is 27.9 Å². The molecule has 31 heavy (non-hydrogen) atoms. The molecule has 0 fully saturated rings. The summed E-state index contributed by atoms with van der Waals surface area (Å²) in [5, 5.41) is 11.9. The van der Waals surface area contributed by atoms with Gasteiger partial charge in [-0.1, -0.05) is 36.4 Å². The fourth-order valence-corrected chi connectivity index (χ4v) is 3.23. The molecule has 0 unspecified atom stereocenters. The molecule has 3 rings (SSSR count). The molecule has 5 nitrogen and oxygen atoms in total. The van der Waals surface area contributed by atoms with Gasteiger partial charge in [-0.25, -0.2) is 0 Å². The van der Waals surface area contributed by atoms with Crippen LogP contribution in [0.5, 0.6) is 0 Å². The van der Waals surface area contributed by atoms with Crippen molar-refractivity contribution in [3.8, 4) is 11.1 Å². The van der Waals surface area contributed by atoms with Crippen molar-refractivity contribution in [3.63, 3.8) is 0 Å². The molecule has 0 saturated carbocycles. The highest BCUT2D eigenvalue weighted by atomic mass is 19.4. The Morgan fingerprint density at radius 3 is 2.45 bits per heavy atom. The SMILES string of the molecule is Cc1ccccc1[C@H](CC(=O)O)NC(=O)c1cncc(-c2cccc(C(F)(F)F)c2)c1. The number of nitrogens with one attached hydrogen (secondary N) is 1. The van der Waals surface area contributed by atoms with E-state index in [1.54, 1.807) is 18.2 Å². The molecule has 0 saturated heterocycles. The first-order chi connectivity index (χ1) is 14.6. The minimum absolute atomic E-state index is 0.110. The minimum Gasteiger partial charge on any atom is -0.481 e. The summed E-state index contributed by atoms with van der Waals surface area (Å²) in [6, 6.07) is 12.5. The monoisotopic (exact) mass is 428 g/mol. The van der Waals surface area contributed by atoms with E-state index in [1.165, 1.54) is 30.6 Å². The molecule has 2 N–H and O–H groups in total. The predicted octanol–water partition coefficient (Wildman–Crippen LogP) is 5.02. The van der Waals surface area contributed by atoms with Crippen molar-refractivity contribution in [1.29, 1.82) is 0 Å². The molecule has 1 aromatic heterocycles. The molecule has 160 valence electrons. The number of hydrogen-bond acceptors (Lipinski definition) is 3. The number of amides is 1. The standard InChI is InChI=1S/C23H19F3N2O3/c1-14-5-2-3-8-19(14)20(11-21(29)30)28-22(31)17-9-16(12-27-13-17)15-6-4-7-18(10-15)23(24,25)26/h2-10,12-13,20H,11H2,1H3,(H,28,31)(H,29,30)/t20-/m0/s1. The lowest BCUT2D eigenvalue weighted by molar-refractivity contribution is -0.138. The molecular formula is C23H19F3N2O3. The lowest BCUT2D eigenvalue weighted by Crippen LogP contribution is -2.30. The zero-order valence-corrected chi connectivity index (χ0v) is 16.5. The molecule has 2 aromatic carbocycles. The number of halogens is 3. The van der Waals surface area contributed by atoms with Crippen LogP contribution < -0.4 is 5.32 Å². The third-order valence-electron chi connectivity index (χ3n) is 4.77. The topological polar surface area (TPSA) is 79.3 Å². The predicted molar refractivity (Wildman–Crippen MR) is 108 cm³/mol. The average molecular weight is 428 g/mol. The number of benzene rings is 2. The van der Waals surface area contributed by atoms with E-state index in [1.807, 2.05) is 13.0 Å². The van der Waals surface area contributed by atoms with Crippen LogP contribution in [-0.2, 0) is 11.0 Å². The van der Waals surface area contributed by atoms with Crippen LogP contribution in [-0.4, -0.2) is 22.0 Å². The molecule has 3 aromatic rings. The van der Waals surface area contributed by atoms with Crippen LogP contribution >= 0.6 is 0 Å². The second-order valence-electron chi connectivity index (χ2n) is 7.02. The number of rotatable bonds is 6. The number of hydrogen-bond donors (Lipinski definition) is 2. The third kappa shape index (κ3) is 5.48. The van der Waals surface area contributed by atoms with Gasteiger partial charge in [-0.05, 0) is 41.8 Å². The number of carbonyl (C=O) groups is 2. The van der Waals surface area contributed by atoms with Crippen LogP contribution in [0, 0.1) is 6.92 Å². The van der Waals surface area contributed by atoms with Crippen molar-refractivity contribution in [1.82, 2.24) is 10.3 Å². The summed E-state index contributed by atoms with van der Waals surface area (Å²) >= 11 is 0. The highest BCUT2D eigenvalue weighted by molar-refractivity contribution is 5.95. The van der Waals surface area contributed by atoms with E-state index in [0.717, 1.165) is 17.7 Å². The quantitative estimate of drug-likeness (QED) is 0.578. The summed E-state index contributed by atoms with van der Waals surface area (Å²) < 4.78 is 39.0. The first-order valence-electron chi connectivity index (χ1n) is 9.36. The Hall–Kier alpha value is -3.68. The highest BCUT2D eigenvalue weighted by Crippen LogP contribution is 2.32. The number of carboxylic acid groups (broad SMARTS) is 1. The first kappa shape index (κ1) is 22.0. The number of carbonyl (C=O) groups excluding carboxylic acids is 1. The third-order valence-corrected chi connectivity index (χ3v) is 4.77. The Kier molecular flexibility index (Phi) is 6.39. The molecule has 1 heterocycles. The fourth-order valence-electron chi connectivity index (χ4n) is 3.23. The summed E-state index contributed by atoms with van der Waals surface area (Å²) in [5.74, 6) is -1.65. The smallest absolute Gasteiger partial charge is 0.416 e. The van der Waals surface area contributed by atoms with Crippen LogP contribution in [0.25, 0.3) is 11.1 Å². The maximum Gasteiger partial charge on any atom is 0.416 e. The van der Waals surface area contributed by atoms with Crippen molar-refractivity contribution in [2.24, 2.45) is 0 Å². The Morgan fingerprint density at radius 1 is 1.03 bits per heavy atom. The number of aryl methyl sites for hydroxylation is 1. The second kappa shape index (κ2) is 8.99. The molecule has 0 spiro atoms. The van der Waals surface area contributed by atoms with E-state index < -0.39 is 29.7 Å². The first-order valence-corrected chi connectivity index (χ1v) is 9.36. The van der Waals surface area contributed by atoms with Gasteiger partial charge in [0.25, 0.3) is 5.91 Å². The van der Waals surface area contributed by atoms with Crippen LogP contribution in [0.3, 0.4) is 0 Å². The largest absolute Gasteiger partial charge is 0.481 e. The second-order valence-corrected chi connectivity index (χ2v) is 7.02. The van der Waals surface area contributed by atoms with Gasteiger partial charge in [-0.15, -0.1) is 0 Å². The van der Waals surface area contributed by atoms with E-state index in [4.69, 9.17) is 0 Å². The Labute approximate surface area is 176 Å². The van der Waals surface area contributed by atoms with Gasteiger partial charge in [-0.3, -0.25) is 14.6 Å². The molecule has 0 aliphatic carbocycles. The average Bonchev–Trinajstić information content (AvgIpc) is 2.73. The molecule has 1 amide bonds. The molecule has 0 aliphatic heterocycles. The van der Waals surface area contributed by atoms with Crippen molar-refractivity contribution in [3.05, 3.63) is 89.2 Å². The number of carboxylic acids is 1. The van der Waals surface area contributed by atoms with E-state index in [-0.39, 0.29) is 17.5 Å². The maximum absolute atomic E-state index is 13.0. The van der Waals surface area contributed by atoms with Gasteiger partial charge in [0, 0.05) is 18.0 Å². The fraction of sp³-hybridized carbons (Fsp3) is 0.174. The van der Waals surface area contributed by atoms with Crippen LogP contribution in [0.1, 0.15) is 39.5 Å². The Morgan fingerprint density at radius 2 is 1.77 bits per heavy atom. The van der Waals surface area contributed by atoms with Crippen molar-refractivity contribution < 1.29 is 27.9 Å². The van der Waals surface area contributed by atoms with Gasteiger partial charge in [-0.2, -0.15) is 13.2 Å². The zero-order valence-electron chi connectivity index (χ0n) is 16.5. The lowest BCUT2D eigenvalue weighted by Gasteiger charge is -2.19. The van der Waals surface area contributed by atoms with Crippen molar-refractivity contribution >= 4 is 11.9 Å². The Balaban J connectivity index is 1.89. The van der Waals surface area contributed by atoms with Crippen molar-refractivity contribution in [2.75, 3.05) is 0 Å². The number of alkyl halides is 3. The highest BCUT2D eigenvalue weighted by Gasteiger charge is 2.30. The number of pyridine rings is 1. The summed E-state index contributed by atoms with van der Waals surface area (Å²) in [4.78, 5) is 28.1. The summed E-state index contributed by atoms with van der Waals surface area (Å²) in [7, 11) is 0. The zero-order chi connectivity index (χ0) is 22.6. The summed E-state index contributed by atoms with van der Waals surface area (Å²) in [5.41, 5.74) is 1.40. The van der Waals surface area contributed by atoms with Gasteiger partial charge in [0.15, 0.2) is 0 Å². The van der Waals surface area contributed by atoms with Crippen LogP contribution in [0.4, 0.5) is 13.2 Å². The van der Waals surface area contributed by atoms with Gasteiger partial charge in [0.1, 0.15) is 0 Å². The molecular weight excluding hydrogens is 409 g/mol. The normalized spacial score (nSPS) is 12.3. The molecule has 0 aliphatic rings. The van der Waals surface area contributed by atoms with Crippen molar-refractivity contribution in [2.45, 2.75) is 25.6 Å². The Bertz CT molecular complexity index is 1110. The van der Waals surface area contributed by atoms with E-state index in [2.05, 4.69) is 10.3 Å². The number of nitrogens with zero attached hydrogens (tertiary/aromatic N) is 1. The van der Waals surface area contributed by atoms with Gasteiger partial charge < -0.3 is 10.4 Å². The molecule has 1 atom stereocenters. The number of aromatic nitrogens is 1. The minimum atomic E-state index is -4.49. The van der Waals surface area contributed by atoms with E-state index >= 15 is 0 Å². The van der Waals surface area contributed by atoms with Gasteiger partial charge in [0.2, 0.25) is 0 Å². The maximum atomic E-state index is 13.0. The molecule has 0 radical (unpaired) electrons. The summed E-state index contributed by atoms with van der Waals surface area (Å²) in [6.45, 7) is 1.81. The summed E-state index contributed by atoms with van der Waals surface area (Å²) in [6.07, 6.45) is -2.17. The van der Waals surface area contributed by atoms with Gasteiger partial charge in [0.05, 0.1) is 23.6 Å². The molecule has 8 heteroatoms.